The first-order chi connectivity index (χ1) is 9.94. The molecule has 0 heterocycles. The molecule has 7 heteroatoms. The zero-order chi connectivity index (χ0) is 15.5. The summed E-state index contributed by atoms with van der Waals surface area (Å²) in [5.74, 6) is -0.714. The lowest BCUT2D eigenvalue weighted by Gasteiger charge is -2.22. The Morgan fingerprint density at radius 1 is 1.29 bits per heavy atom. The number of sulfonamides is 1. The van der Waals surface area contributed by atoms with Crippen molar-refractivity contribution < 1.29 is 12.8 Å². The lowest BCUT2D eigenvalue weighted by Crippen LogP contribution is -2.36. The normalized spacial score (nSPS) is 17.1. The molecular formula is C14H20ClFN2O2S. The van der Waals surface area contributed by atoms with Crippen LogP contribution in [-0.2, 0) is 16.6 Å². The van der Waals surface area contributed by atoms with Gasteiger partial charge in [-0.3, -0.25) is 0 Å². The molecule has 0 spiro atoms. The smallest absolute Gasteiger partial charge is 0.240 e. The van der Waals surface area contributed by atoms with Gasteiger partial charge in [-0.25, -0.2) is 17.5 Å². The maximum Gasteiger partial charge on any atom is 0.240 e. The molecule has 0 aliphatic heterocycles. The Bertz CT molecular complexity index is 601. The summed E-state index contributed by atoms with van der Waals surface area (Å²) in [5, 5.41) is 2.80. The maximum atomic E-state index is 13.8. The summed E-state index contributed by atoms with van der Waals surface area (Å²) in [5.41, 5.74) is 0.434. The van der Waals surface area contributed by atoms with Gasteiger partial charge in [-0.2, -0.15) is 0 Å². The third-order valence-corrected chi connectivity index (χ3v) is 5.60. The lowest BCUT2D eigenvalue weighted by molar-refractivity contribution is 0.412. The fourth-order valence-corrected chi connectivity index (χ4v) is 4.14. The van der Waals surface area contributed by atoms with Crippen molar-refractivity contribution in [1.82, 2.24) is 10.0 Å². The summed E-state index contributed by atoms with van der Waals surface area (Å²) >= 11 is 5.86. The van der Waals surface area contributed by atoms with E-state index in [1.165, 1.54) is 6.07 Å². The molecular weight excluding hydrogens is 315 g/mol. The van der Waals surface area contributed by atoms with Gasteiger partial charge in [0, 0.05) is 12.6 Å². The number of hydrogen-bond acceptors (Lipinski definition) is 3. The minimum Gasteiger partial charge on any atom is -0.316 e. The summed E-state index contributed by atoms with van der Waals surface area (Å²) in [6, 6.07) is 2.34. The van der Waals surface area contributed by atoms with Gasteiger partial charge in [0.05, 0.1) is 9.92 Å². The second-order valence-electron chi connectivity index (χ2n) is 5.36. The van der Waals surface area contributed by atoms with Crippen LogP contribution in [0.25, 0.3) is 0 Å². The van der Waals surface area contributed by atoms with Gasteiger partial charge in [-0.1, -0.05) is 30.9 Å². The largest absolute Gasteiger partial charge is 0.316 e. The fourth-order valence-electron chi connectivity index (χ4n) is 2.60. The molecule has 1 aromatic carbocycles. The highest BCUT2D eigenvalue weighted by Crippen LogP contribution is 2.25. The molecule has 1 aliphatic rings. The molecule has 118 valence electrons. The Morgan fingerprint density at radius 2 is 1.95 bits per heavy atom. The van der Waals surface area contributed by atoms with Crippen molar-refractivity contribution in [1.29, 1.82) is 0 Å². The van der Waals surface area contributed by atoms with Crippen molar-refractivity contribution in [2.45, 2.75) is 49.6 Å². The molecule has 1 aliphatic carbocycles. The maximum absolute atomic E-state index is 13.8. The van der Waals surface area contributed by atoms with E-state index in [0.29, 0.717) is 12.1 Å². The molecule has 1 aromatic rings. The van der Waals surface area contributed by atoms with Gasteiger partial charge in [0.15, 0.2) is 0 Å². The third-order valence-electron chi connectivity index (χ3n) is 3.68. The Hall–Kier alpha value is -0.690. The molecule has 0 radical (unpaired) electrons. The highest BCUT2D eigenvalue weighted by atomic mass is 35.5. The molecule has 21 heavy (non-hydrogen) atoms. The highest BCUT2D eigenvalue weighted by molar-refractivity contribution is 7.89. The van der Waals surface area contributed by atoms with Gasteiger partial charge in [0.2, 0.25) is 10.0 Å². The summed E-state index contributed by atoms with van der Waals surface area (Å²) in [6.45, 7) is 0.308. The van der Waals surface area contributed by atoms with E-state index in [-0.39, 0.29) is 16.0 Å². The summed E-state index contributed by atoms with van der Waals surface area (Å²) in [6.07, 6.45) is 4.85. The van der Waals surface area contributed by atoms with Crippen molar-refractivity contribution >= 4 is 21.6 Å². The van der Waals surface area contributed by atoms with Crippen LogP contribution in [0.2, 0.25) is 5.02 Å². The van der Waals surface area contributed by atoms with E-state index < -0.39 is 15.8 Å². The first-order valence-corrected chi connectivity index (χ1v) is 8.95. The van der Waals surface area contributed by atoms with Crippen molar-refractivity contribution in [3.63, 3.8) is 0 Å². The van der Waals surface area contributed by atoms with Gasteiger partial charge in [-0.05, 0) is 37.6 Å². The predicted octanol–water partition coefficient (Wildman–Crippen LogP) is 2.81. The van der Waals surface area contributed by atoms with Crippen LogP contribution in [-0.4, -0.2) is 21.5 Å². The number of halogens is 2. The van der Waals surface area contributed by atoms with E-state index in [4.69, 9.17) is 11.6 Å². The van der Waals surface area contributed by atoms with Crippen LogP contribution in [0.3, 0.4) is 0 Å². The summed E-state index contributed by atoms with van der Waals surface area (Å²) in [4.78, 5) is -0.0692. The average Bonchev–Trinajstić information content (AvgIpc) is 2.44. The topological polar surface area (TPSA) is 58.2 Å². The number of benzene rings is 1. The van der Waals surface area contributed by atoms with E-state index in [1.807, 2.05) is 0 Å². The summed E-state index contributed by atoms with van der Waals surface area (Å²) in [7, 11) is -2.03. The van der Waals surface area contributed by atoms with Crippen molar-refractivity contribution in [2.24, 2.45) is 0 Å². The van der Waals surface area contributed by atoms with Gasteiger partial charge >= 0.3 is 0 Å². The molecule has 1 fully saturated rings. The Morgan fingerprint density at radius 3 is 2.57 bits per heavy atom. The van der Waals surface area contributed by atoms with E-state index in [0.717, 1.165) is 38.2 Å². The minimum atomic E-state index is -3.72. The average molecular weight is 335 g/mol. The molecule has 2 rings (SSSR count). The Labute approximate surface area is 130 Å². The van der Waals surface area contributed by atoms with E-state index in [1.54, 1.807) is 7.05 Å². The van der Waals surface area contributed by atoms with E-state index in [2.05, 4.69) is 10.0 Å². The molecule has 0 saturated heterocycles. The zero-order valence-corrected chi connectivity index (χ0v) is 13.5. The molecule has 2 N–H and O–H groups in total. The minimum absolute atomic E-state index is 0.0408. The number of nitrogens with one attached hydrogen (secondary N) is 2. The van der Waals surface area contributed by atoms with Gasteiger partial charge < -0.3 is 5.32 Å². The molecule has 4 nitrogen and oxygen atoms in total. The van der Waals surface area contributed by atoms with Crippen LogP contribution >= 0.6 is 11.6 Å². The van der Waals surface area contributed by atoms with Crippen molar-refractivity contribution in [3.05, 3.63) is 28.5 Å². The van der Waals surface area contributed by atoms with Gasteiger partial charge in [0.1, 0.15) is 5.82 Å². The van der Waals surface area contributed by atoms with Gasteiger partial charge in [0.25, 0.3) is 0 Å². The second-order valence-corrected chi connectivity index (χ2v) is 7.46. The first-order valence-electron chi connectivity index (χ1n) is 7.09. The zero-order valence-electron chi connectivity index (χ0n) is 12.0. The molecule has 1 saturated carbocycles. The fraction of sp³-hybridized carbons (Fsp3) is 0.571. The Kier molecular flexibility index (Phi) is 5.60. The van der Waals surface area contributed by atoms with E-state index >= 15 is 0 Å². The Balaban J connectivity index is 2.26. The van der Waals surface area contributed by atoms with Gasteiger partial charge in [-0.15, -0.1) is 0 Å². The van der Waals surface area contributed by atoms with Crippen molar-refractivity contribution in [3.8, 4) is 0 Å². The number of rotatable bonds is 5. The van der Waals surface area contributed by atoms with Crippen LogP contribution in [0.15, 0.2) is 17.0 Å². The molecule has 0 aromatic heterocycles. The second kappa shape index (κ2) is 7.05. The highest BCUT2D eigenvalue weighted by Gasteiger charge is 2.23. The molecule has 0 atom stereocenters. The predicted molar refractivity (Wildman–Crippen MR) is 81.4 cm³/mol. The van der Waals surface area contributed by atoms with Crippen LogP contribution in [0, 0.1) is 5.82 Å². The number of hydrogen-bond donors (Lipinski definition) is 2. The lowest BCUT2D eigenvalue weighted by atomic mass is 9.96. The van der Waals surface area contributed by atoms with Crippen molar-refractivity contribution in [2.75, 3.05) is 7.05 Å². The molecule has 0 bridgehead atoms. The van der Waals surface area contributed by atoms with Crippen LogP contribution in [0.5, 0.6) is 0 Å². The SMILES string of the molecule is CNCc1cc(S(=O)(=O)NC2CCCCC2)cc(F)c1Cl. The monoisotopic (exact) mass is 334 g/mol. The first kappa shape index (κ1) is 16.7. The molecule has 0 amide bonds. The third kappa shape index (κ3) is 4.16. The van der Waals surface area contributed by atoms with Crippen LogP contribution < -0.4 is 10.0 Å². The summed E-state index contributed by atoms with van der Waals surface area (Å²) < 4.78 is 41.2. The quantitative estimate of drug-likeness (QED) is 0.870. The standard InChI is InChI=1S/C14H20ClFN2O2S/c1-17-9-10-7-12(8-13(16)14(10)15)21(19,20)18-11-5-3-2-4-6-11/h7-8,11,17-18H,2-6,9H2,1H3. The van der Waals surface area contributed by atoms with Crippen LogP contribution in [0.4, 0.5) is 4.39 Å². The molecule has 0 unspecified atom stereocenters. The van der Waals surface area contributed by atoms with Crippen LogP contribution in [0.1, 0.15) is 37.7 Å². The van der Waals surface area contributed by atoms with E-state index in [9.17, 15) is 12.8 Å².